The lowest BCUT2D eigenvalue weighted by Gasteiger charge is -2.36. The van der Waals surface area contributed by atoms with Crippen LogP contribution in [0.3, 0.4) is 0 Å². The fourth-order valence-corrected chi connectivity index (χ4v) is 2.37. The normalized spacial score (nSPS) is 16.6. The van der Waals surface area contributed by atoms with Gasteiger partial charge in [0.05, 0.1) is 6.54 Å². The van der Waals surface area contributed by atoms with Crippen molar-refractivity contribution in [3.63, 3.8) is 0 Å². The molecular weight excluding hydrogens is 294 g/mol. The maximum absolute atomic E-state index is 12.0. The molecule has 1 aliphatic heterocycles. The van der Waals surface area contributed by atoms with Gasteiger partial charge in [0.25, 0.3) is 0 Å². The van der Waals surface area contributed by atoms with E-state index in [0.717, 1.165) is 5.56 Å². The van der Waals surface area contributed by atoms with E-state index in [-0.39, 0.29) is 6.09 Å². The Bertz CT molecular complexity index is 565. The van der Waals surface area contributed by atoms with E-state index in [1.165, 1.54) is 0 Å². The van der Waals surface area contributed by atoms with Gasteiger partial charge in [0, 0.05) is 45.6 Å². The van der Waals surface area contributed by atoms with Crippen molar-refractivity contribution >= 4 is 12.1 Å². The van der Waals surface area contributed by atoms with Gasteiger partial charge in [0.15, 0.2) is 5.96 Å². The zero-order valence-electron chi connectivity index (χ0n) is 14.5. The van der Waals surface area contributed by atoms with Gasteiger partial charge in [0.2, 0.25) is 0 Å². The minimum absolute atomic E-state index is 0.267. The average molecular weight is 321 g/mol. The smallest absolute Gasteiger partial charge is 0.410 e. The van der Waals surface area contributed by atoms with Gasteiger partial charge in [-0.25, -0.2) is 9.79 Å². The van der Waals surface area contributed by atoms with E-state index in [2.05, 4.69) is 4.99 Å². The van der Waals surface area contributed by atoms with Crippen molar-refractivity contribution in [2.75, 3.05) is 26.2 Å². The lowest BCUT2D eigenvalue weighted by Crippen LogP contribution is -2.53. The molecule has 0 saturated carbocycles. The van der Waals surface area contributed by atoms with Gasteiger partial charge in [-0.3, -0.25) is 0 Å². The maximum Gasteiger partial charge on any atom is 0.410 e. The zero-order valence-corrected chi connectivity index (χ0v) is 14.5. The first-order valence-electron chi connectivity index (χ1n) is 7.88. The SMILES string of the molecule is Cn1ccc(CN=C(N)N2CCN(C(=O)OC(C)(C)C)CC2)c1. The molecule has 1 saturated heterocycles. The summed E-state index contributed by atoms with van der Waals surface area (Å²) in [6.45, 7) is 8.71. The van der Waals surface area contributed by atoms with Crippen LogP contribution in [0, 0.1) is 0 Å². The maximum atomic E-state index is 12.0. The highest BCUT2D eigenvalue weighted by atomic mass is 16.6. The van der Waals surface area contributed by atoms with Crippen molar-refractivity contribution in [1.29, 1.82) is 0 Å². The fraction of sp³-hybridized carbons (Fsp3) is 0.625. The van der Waals surface area contributed by atoms with Crippen molar-refractivity contribution in [2.24, 2.45) is 17.8 Å². The summed E-state index contributed by atoms with van der Waals surface area (Å²) < 4.78 is 7.37. The third-order valence-electron chi connectivity index (χ3n) is 3.57. The molecule has 2 rings (SSSR count). The summed E-state index contributed by atoms with van der Waals surface area (Å²) in [5.41, 5.74) is 6.72. The zero-order chi connectivity index (χ0) is 17.0. The largest absolute Gasteiger partial charge is 0.444 e. The number of guanidine groups is 1. The molecule has 128 valence electrons. The Morgan fingerprint density at radius 3 is 2.39 bits per heavy atom. The molecule has 0 atom stereocenters. The number of nitrogens with zero attached hydrogens (tertiary/aromatic N) is 4. The Morgan fingerprint density at radius 1 is 1.26 bits per heavy atom. The first-order valence-corrected chi connectivity index (χ1v) is 7.88. The number of ether oxygens (including phenoxy) is 1. The molecule has 7 heteroatoms. The summed E-state index contributed by atoms with van der Waals surface area (Å²) in [5, 5.41) is 0. The number of aryl methyl sites for hydroxylation is 1. The van der Waals surface area contributed by atoms with Gasteiger partial charge in [0.1, 0.15) is 5.60 Å². The Kier molecular flexibility index (Phi) is 5.18. The van der Waals surface area contributed by atoms with E-state index in [9.17, 15) is 4.79 Å². The van der Waals surface area contributed by atoms with E-state index in [0.29, 0.717) is 38.7 Å². The summed E-state index contributed by atoms with van der Waals surface area (Å²) in [4.78, 5) is 20.2. The molecule has 0 aliphatic carbocycles. The van der Waals surface area contributed by atoms with E-state index < -0.39 is 5.60 Å². The molecule has 0 unspecified atom stereocenters. The van der Waals surface area contributed by atoms with Crippen LogP contribution in [0.2, 0.25) is 0 Å². The molecule has 1 amide bonds. The summed E-state index contributed by atoms with van der Waals surface area (Å²) in [6.07, 6.45) is 3.75. The highest BCUT2D eigenvalue weighted by Crippen LogP contribution is 2.12. The van der Waals surface area contributed by atoms with Crippen molar-refractivity contribution < 1.29 is 9.53 Å². The number of hydrogen-bond donors (Lipinski definition) is 1. The van der Waals surface area contributed by atoms with Gasteiger partial charge < -0.3 is 24.8 Å². The van der Waals surface area contributed by atoms with Gasteiger partial charge in [-0.15, -0.1) is 0 Å². The number of hydrogen-bond acceptors (Lipinski definition) is 3. The van der Waals surface area contributed by atoms with E-state index in [4.69, 9.17) is 10.5 Å². The predicted octanol–water partition coefficient (Wildman–Crippen LogP) is 1.39. The molecule has 1 aromatic heterocycles. The minimum Gasteiger partial charge on any atom is -0.444 e. The van der Waals surface area contributed by atoms with Crippen LogP contribution in [-0.4, -0.2) is 58.2 Å². The summed E-state index contributed by atoms with van der Waals surface area (Å²) in [7, 11) is 1.98. The van der Waals surface area contributed by atoms with Crippen LogP contribution in [0.5, 0.6) is 0 Å². The van der Waals surface area contributed by atoms with Crippen LogP contribution in [0.1, 0.15) is 26.3 Å². The van der Waals surface area contributed by atoms with Crippen molar-refractivity contribution in [1.82, 2.24) is 14.4 Å². The van der Waals surface area contributed by atoms with Gasteiger partial charge in [-0.2, -0.15) is 0 Å². The number of carbonyl (C=O) groups is 1. The van der Waals surface area contributed by atoms with Crippen molar-refractivity contribution in [3.8, 4) is 0 Å². The average Bonchev–Trinajstić information content (AvgIpc) is 2.89. The number of rotatable bonds is 2. The van der Waals surface area contributed by atoms with Crippen LogP contribution in [0.15, 0.2) is 23.5 Å². The Morgan fingerprint density at radius 2 is 1.87 bits per heavy atom. The quantitative estimate of drug-likeness (QED) is 0.660. The van der Waals surface area contributed by atoms with Crippen molar-refractivity contribution in [3.05, 3.63) is 24.0 Å². The van der Waals surface area contributed by atoms with E-state index in [1.54, 1.807) is 4.90 Å². The third kappa shape index (κ3) is 5.19. The molecule has 0 aromatic carbocycles. The van der Waals surface area contributed by atoms with Gasteiger partial charge >= 0.3 is 6.09 Å². The Labute approximate surface area is 137 Å². The fourth-order valence-electron chi connectivity index (χ4n) is 2.37. The molecule has 0 radical (unpaired) electrons. The molecule has 2 heterocycles. The molecule has 1 aliphatic rings. The van der Waals surface area contributed by atoms with Crippen LogP contribution in [0.25, 0.3) is 0 Å². The molecule has 1 aromatic rings. The van der Waals surface area contributed by atoms with Gasteiger partial charge in [-0.1, -0.05) is 0 Å². The third-order valence-corrected chi connectivity index (χ3v) is 3.57. The van der Waals surface area contributed by atoms with Crippen LogP contribution < -0.4 is 5.73 Å². The first-order chi connectivity index (χ1) is 10.7. The summed E-state index contributed by atoms with van der Waals surface area (Å²) in [6, 6.07) is 2.03. The monoisotopic (exact) mass is 321 g/mol. The number of nitrogens with two attached hydrogens (primary N) is 1. The highest BCUT2D eigenvalue weighted by Gasteiger charge is 2.26. The molecule has 0 bridgehead atoms. The number of amides is 1. The lowest BCUT2D eigenvalue weighted by molar-refractivity contribution is 0.0186. The second kappa shape index (κ2) is 6.93. The highest BCUT2D eigenvalue weighted by molar-refractivity contribution is 5.78. The molecule has 0 spiro atoms. The summed E-state index contributed by atoms with van der Waals surface area (Å²) in [5.74, 6) is 0.526. The molecular formula is C16H27N5O2. The minimum atomic E-state index is -0.468. The lowest BCUT2D eigenvalue weighted by atomic mass is 10.2. The molecule has 23 heavy (non-hydrogen) atoms. The van der Waals surface area contributed by atoms with Crippen LogP contribution in [0.4, 0.5) is 4.79 Å². The second-order valence-corrected chi connectivity index (χ2v) is 6.81. The predicted molar refractivity (Wildman–Crippen MR) is 90.1 cm³/mol. The van der Waals surface area contributed by atoms with E-state index in [1.807, 2.05) is 55.7 Å². The summed E-state index contributed by atoms with van der Waals surface area (Å²) >= 11 is 0. The molecule has 1 fully saturated rings. The second-order valence-electron chi connectivity index (χ2n) is 6.81. The van der Waals surface area contributed by atoms with Crippen LogP contribution in [-0.2, 0) is 18.3 Å². The van der Waals surface area contributed by atoms with Crippen molar-refractivity contribution in [2.45, 2.75) is 32.9 Å². The number of carbonyl (C=O) groups excluding carboxylic acids is 1. The van der Waals surface area contributed by atoms with E-state index >= 15 is 0 Å². The number of piperazine rings is 1. The standard InChI is InChI=1S/C16H27N5O2/c1-16(2,3)23-15(22)21-9-7-20(8-10-21)14(17)18-11-13-5-6-19(4)12-13/h5-6,12H,7-11H2,1-4H3,(H2,17,18). The van der Waals surface area contributed by atoms with Gasteiger partial charge in [-0.05, 0) is 32.4 Å². The number of aromatic nitrogens is 1. The first kappa shape index (κ1) is 17.2. The Hall–Kier alpha value is -2.18. The molecule has 2 N–H and O–H groups in total. The topological polar surface area (TPSA) is 76.1 Å². The number of aliphatic imine (C=N–C) groups is 1. The van der Waals surface area contributed by atoms with Crippen LogP contribution >= 0.6 is 0 Å². The molecule has 7 nitrogen and oxygen atoms in total. The Balaban J connectivity index is 1.82.